The second-order valence-electron chi connectivity index (χ2n) is 15.6. The first-order valence-electron chi connectivity index (χ1n) is 18.2. The number of ketones is 1. The van der Waals surface area contributed by atoms with E-state index in [0.717, 1.165) is 18.1 Å². The predicted octanol–water partition coefficient (Wildman–Crippen LogP) is 4.84. The average molecular weight is 743 g/mol. The predicted molar refractivity (Wildman–Crippen MR) is 185 cm³/mol. The first kappa shape index (κ1) is 38.1. The van der Waals surface area contributed by atoms with Crippen molar-refractivity contribution in [2.75, 3.05) is 6.61 Å². The molecule has 14 heteroatoms. The molecule has 1 spiro atoms. The van der Waals surface area contributed by atoms with Gasteiger partial charge in [0.05, 0.1) is 29.6 Å². The van der Waals surface area contributed by atoms with Crippen LogP contribution >= 0.6 is 0 Å². The zero-order valence-corrected chi connectivity index (χ0v) is 32.3. The molecule has 284 valence electrons. The van der Waals surface area contributed by atoms with E-state index in [0.29, 0.717) is 0 Å². The number of benzene rings is 1. The summed E-state index contributed by atoms with van der Waals surface area (Å²) in [6.07, 6.45) is -9.00. The Morgan fingerprint density at radius 1 is 0.962 bits per heavy atom. The molecule has 4 fully saturated rings. The molecule has 2 bridgehead atoms. The number of rotatable bonds is 9. The largest absolute Gasteiger partial charge is 0.509 e. The number of aliphatic hydroxyl groups excluding tert-OH is 1. The van der Waals surface area contributed by atoms with Crippen molar-refractivity contribution in [2.24, 2.45) is 16.7 Å². The molecule has 0 aromatic heterocycles. The molecule has 1 aromatic carbocycles. The van der Waals surface area contributed by atoms with Crippen molar-refractivity contribution < 1.29 is 61.9 Å². The number of carbonyl (C=O) groups is 5. The van der Waals surface area contributed by atoms with Crippen molar-refractivity contribution in [1.29, 1.82) is 0 Å². The standard InChI is InChI=1S/C38H50O13Si/c1-10-52(11-2,12-3)51-24-18-25-37(19-45-25,49-22(6)40)29-32(47-33(43)23-16-14-13-15-17-23)38-31(48-34(44)50-38)27(41)20(4)26(35(38,7)8)28(46-21(5)39)30(42)36(24,29)9/h13-17,24-25,27-29,31-32,41H,10-12,18-19H2,1-9H3/t24-,25-,27-,28-,29+,31+,32+,36-,37+,38-/m1/s1. The average Bonchev–Trinajstić information content (AvgIpc) is 3.47. The van der Waals surface area contributed by atoms with Gasteiger partial charge in [-0.05, 0) is 55.3 Å². The molecule has 0 radical (unpaired) electrons. The first-order valence-corrected chi connectivity index (χ1v) is 20.7. The molecule has 0 amide bonds. The second-order valence-corrected chi connectivity index (χ2v) is 20.3. The summed E-state index contributed by atoms with van der Waals surface area (Å²) in [6, 6.07) is 10.4. The van der Waals surface area contributed by atoms with Gasteiger partial charge in [-0.15, -0.1) is 0 Å². The van der Waals surface area contributed by atoms with Crippen LogP contribution < -0.4 is 0 Å². The Morgan fingerprint density at radius 2 is 1.60 bits per heavy atom. The summed E-state index contributed by atoms with van der Waals surface area (Å²) in [5.41, 5.74) is -6.33. The topological polar surface area (TPSA) is 170 Å². The van der Waals surface area contributed by atoms with Crippen LogP contribution in [0.15, 0.2) is 41.5 Å². The Morgan fingerprint density at radius 3 is 2.13 bits per heavy atom. The third kappa shape index (κ3) is 5.22. The number of hydrogen-bond donors (Lipinski definition) is 1. The van der Waals surface area contributed by atoms with E-state index in [1.807, 2.05) is 0 Å². The van der Waals surface area contributed by atoms with E-state index in [9.17, 15) is 24.3 Å². The van der Waals surface area contributed by atoms with Crippen LogP contribution in [-0.4, -0.2) is 97.7 Å². The lowest BCUT2D eigenvalue weighted by molar-refractivity contribution is -0.344. The van der Waals surface area contributed by atoms with E-state index in [-0.39, 0.29) is 29.7 Å². The van der Waals surface area contributed by atoms with Crippen LogP contribution in [0.2, 0.25) is 18.1 Å². The van der Waals surface area contributed by atoms with Crippen molar-refractivity contribution >= 4 is 38.2 Å². The van der Waals surface area contributed by atoms with Crippen molar-refractivity contribution in [2.45, 2.75) is 135 Å². The Kier molecular flexibility index (Phi) is 9.58. The quantitative estimate of drug-likeness (QED) is 0.158. The molecule has 2 aliphatic heterocycles. The molecule has 52 heavy (non-hydrogen) atoms. The van der Waals surface area contributed by atoms with Gasteiger partial charge >= 0.3 is 24.1 Å². The van der Waals surface area contributed by atoms with Crippen molar-refractivity contribution in [1.82, 2.24) is 0 Å². The number of ether oxygens (including phenoxy) is 6. The third-order valence-corrected chi connectivity index (χ3v) is 17.6. The van der Waals surface area contributed by atoms with Crippen LogP contribution in [-0.2, 0) is 47.2 Å². The molecule has 5 aliphatic rings. The summed E-state index contributed by atoms with van der Waals surface area (Å²) in [4.78, 5) is 69.8. The maximum absolute atomic E-state index is 15.8. The number of aliphatic hydroxyl groups is 1. The lowest BCUT2D eigenvalue weighted by Gasteiger charge is -2.68. The number of fused-ring (bicyclic) bond motifs is 4. The lowest BCUT2D eigenvalue weighted by atomic mass is 9.44. The molecule has 1 aromatic rings. The smallest absolute Gasteiger partial charge is 0.454 e. The van der Waals surface area contributed by atoms with Crippen LogP contribution in [0.4, 0.5) is 4.79 Å². The Labute approximate surface area is 304 Å². The lowest BCUT2D eigenvalue weighted by Crippen LogP contribution is -2.83. The minimum Gasteiger partial charge on any atom is -0.454 e. The number of hydrogen-bond acceptors (Lipinski definition) is 13. The molecule has 1 N–H and O–H groups in total. The fourth-order valence-electron chi connectivity index (χ4n) is 10.1. The highest BCUT2D eigenvalue weighted by Crippen LogP contribution is 2.67. The first-order chi connectivity index (χ1) is 24.4. The van der Waals surface area contributed by atoms with Gasteiger partial charge in [0.2, 0.25) is 5.60 Å². The molecule has 2 saturated heterocycles. The SMILES string of the molecule is CC[Si](CC)(CC)O[C@@H]1C[C@H]2OC[C@@]2(OC(C)=O)[C@H]2[C@H](OC(=O)c3ccccc3)[C@]34OC(=O)O[C@H]3[C@H](O)C(C)=C([C@@H](OC(C)=O)C(=O)[C@@]21C)C4(C)C. The van der Waals surface area contributed by atoms with Crippen LogP contribution in [0, 0.1) is 16.7 Å². The Hall–Kier alpha value is -3.59. The molecule has 2 heterocycles. The van der Waals surface area contributed by atoms with Gasteiger partial charge in [-0.2, -0.15) is 0 Å². The molecule has 0 unspecified atom stereocenters. The van der Waals surface area contributed by atoms with Crippen molar-refractivity contribution in [3.63, 3.8) is 0 Å². The number of esters is 3. The zero-order valence-electron chi connectivity index (χ0n) is 31.3. The van der Waals surface area contributed by atoms with Gasteiger partial charge in [0.25, 0.3) is 0 Å². The van der Waals surface area contributed by atoms with E-state index in [1.54, 1.807) is 58.0 Å². The maximum Gasteiger partial charge on any atom is 0.509 e. The minimum absolute atomic E-state index is 0.129. The van der Waals surface area contributed by atoms with Gasteiger partial charge in [-0.3, -0.25) is 14.4 Å². The fraction of sp³-hybridized carbons (Fsp3) is 0.658. The summed E-state index contributed by atoms with van der Waals surface area (Å²) in [7, 11) is -2.54. The van der Waals surface area contributed by atoms with Gasteiger partial charge in [-0.25, -0.2) is 9.59 Å². The normalized spacial score (nSPS) is 37.5. The highest BCUT2D eigenvalue weighted by molar-refractivity contribution is 6.73. The highest BCUT2D eigenvalue weighted by Gasteiger charge is 2.83. The van der Waals surface area contributed by atoms with E-state index in [4.69, 9.17) is 32.8 Å². The van der Waals surface area contributed by atoms with Gasteiger partial charge < -0.3 is 38.0 Å². The Balaban J connectivity index is 1.74. The van der Waals surface area contributed by atoms with E-state index in [2.05, 4.69) is 20.8 Å². The molecule has 3 aliphatic carbocycles. The molecule has 13 nitrogen and oxygen atoms in total. The summed E-state index contributed by atoms with van der Waals surface area (Å²) in [5.74, 6) is -4.18. The zero-order chi connectivity index (χ0) is 38.2. The second kappa shape index (κ2) is 13.1. The monoisotopic (exact) mass is 742 g/mol. The number of carbonyl (C=O) groups excluding carboxylic acids is 5. The third-order valence-electron chi connectivity index (χ3n) is 13.0. The van der Waals surface area contributed by atoms with Crippen LogP contribution in [0.25, 0.3) is 0 Å². The summed E-state index contributed by atoms with van der Waals surface area (Å²) in [6.45, 7) is 15.0. The van der Waals surface area contributed by atoms with E-state index in [1.165, 1.54) is 13.8 Å². The van der Waals surface area contributed by atoms with E-state index < -0.39 is 103 Å². The maximum atomic E-state index is 15.8. The van der Waals surface area contributed by atoms with Gasteiger partial charge in [0.15, 0.2) is 38.0 Å². The summed E-state index contributed by atoms with van der Waals surface area (Å²) < 4.78 is 44.3. The van der Waals surface area contributed by atoms with Crippen LogP contribution in [0.3, 0.4) is 0 Å². The molecular weight excluding hydrogens is 692 g/mol. The number of Topliss-reactive ketones (excluding diaryl/α,β-unsaturated/α-hetero) is 1. The molecular formula is C38H50O13Si. The van der Waals surface area contributed by atoms with Gasteiger partial charge in [-0.1, -0.05) is 52.8 Å². The van der Waals surface area contributed by atoms with Crippen LogP contribution in [0.1, 0.15) is 79.1 Å². The van der Waals surface area contributed by atoms with Crippen molar-refractivity contribution in [3.05, 3.63) is 47.0 Å². The Bertz CT molecular complexity index is 1680. The highest BCUT2D eigenvalue weighted by atomic mass is 28.4. The molecule has 2 saturated carbocycles. The van der Waals surface area contributed by atoms with Gasteiger partial charge in [0.1, 0.15) is 12.2 Å². The van der Waals surface area contributed by atoms with Gasteiger partial charge in [0, 0.05) is 25.7 Å². The van der Waals surface area contributed by atoms with Crippen LogP contribution in [0.5, 0.6) is 0 Å². The summed E-state index contributed by atoms with van der Waals surface area (Å²) >= 11 is 0. The minimum atomic E-state index is -2.54. The van der Waals surface area contributed by atoms with E-state index >= 15 is 4.79 Å². The molecule has 6 rings (SSSR count). The summed E-state index contributed by atoms with van der Waals surface area (Å²) in [5, 5.41) is 12.0. The fourth-order valence-corrected chi connectivity index (χ4v) is 13.0. The van der Waals surface area contributed by atoms with Crippen molar-refractivity contribution in [3.8, 4) is 0 Å². The molecule has 10 atom stereocenters.